The van der Waals surface area contributed by atoms with Gasteiger partial charge in [-0.15, -0.1) is 14.0 Å². The number of carbonyl (C=O) groups is 9. The number of likely N-dealkylation sites (N-methyl/N-ethyl adjacent to an activating group) is 1. The second-order valence-corrected chi connectivity index (χ2v) is 41.6. The third-order valence-corrected chi connectivity index (χ3v) is 31.6. The lowest BCUT2D eigenvalue weighted by molar-refractivity contribution is -0.277. The topological polar surface area (TPSA) is 571 Å². The SMILES string of the molecule is CN[C@H]1C(=O)N[C@@H]2Cc3ccc(cc3)Oc3cc4cc(c3O[C@@H]3O[C@H](C(=O)O)[C@@H](O)[C@H](O)[C@H]3NC(=O)CCCCCCCC(C)C)Oc3ccc(cc3Cl)[C@@H](O)[C@@H]3NC(=O)[C@H](NC(=O)[C@@H]4NC(=O)[C@@H](NC2=O)c2cc(cc(O[P+](N4CCCC4)(N4CCCC4)N4CCCC4)c2Cl)Oc2cc1ccc2O)c1ccc(O)c(c1)-c1c(O[C@H]2O[C@H](CO)[C@@H](O)[C@H](O)[C@@H]2O)cc(O)cc1[C@H](C(=O)NCCCN(C)C)NC3=O. The molecule has 0 spiro atoms. The fraction of sp³-hybridized carbons (Fsp3) is 0.485. The Balaban J connectivity index is 0.935. The summed E-state index contributed by atoms with van der Waals surface area (Å²) >= 11 is 15.5. The zero-order chi connectivity index (χ0) is 102. The highest BCUT2D eigenvalue weighted by Gasteiger charge is 2.63. The van der Waals surface area contributed by atoms with Crippen molar-refractivity contribution >= 4 is 84.4 Å². The van der Waals surface area contributed by atoms with E-state index in [1.807, 2.05) is 4.90 Å². The average Bonchev–Trinajstić information content (AvgIpc) is 1.67. The van der Waals surface area contributed by atoms with E-state index in [1.165, 1.54) is 73.8 Å². The van der Waals surface area contributed by atoms with E-state index in [1.54, 1.807) is 14.1 Å². The van der Waals surface area contributed by atoms with Crippen molar-refractivity contribution in [3.05, 3.63) is 164 Å². The monoisotopic (exact) mass is 2040 g/mol. The number of carboxylic acids is 1. The molecule has 0 aliphatic carbocycles. The van der Waals surface area contributed by atoms with E-state index in [9.17, 15) is 65.8 Å². The molecule has 41 nitrogen and oxygen atoms in total. The summed E-state index contributed by atoms with van der Waals surface area (Å²) in [5, 5.41) is 153. The fourth-order valence-electron chi connectivity index (χ4n) is 19.5. The molecular weight excluding hydrogens is 1920 g/mol. The van der Waals surface area contributed by atoms with Gasteiger partial charge in [-0.25, -0.2) is 4.79 Å². The number of benzene rings is 7. The summed E-state index contributed by atoms with van der Waals surface area (Å²) in [6.07, 6.45) is -12.0. The van der Waals surface area contributed by atoms with E-state index in [0.717, 1.165) is 113 Å². The number of carboxylic acid groups (broad SMARTS) is 1. The van der Waals surface area contributed by atoms with Gasteiger partial charge in [0.15, 0.2) is 29.1 Å². The summed E-state index contributed by atoms with van der Waals surface area (Å²) in [6, 6.07) is 7.39. The Bertz CT molecular complexity index is 5840. The molecule has 7 aromatic rings. The molecule has 768 valence electrons. The third-order valence-electron chi connectivity index (χ3n) is 27.0. The average molecular weight is 2040 g/mol. The minimum Gasteiger partial charge on any atom is -0.508 e. The molecule has 0 radical (unpaired) electrons. The number of aromatic hydroxyl groups is 3. The molecule has 11 heterocycles. The molecule has 5 fully saturated rings. The van der Waals surface area contributed by atoms with E-state index in [4.69, 9.17) is 60.9 Å². The van der Waals surface area contributed by atoms with Crippen LogP contribution in [0.2, 0.25) is 10.0 Å². The van der Waals surface area contributed by atoms with Gasteiger partial charge in [0.25, 0.3) is 0 Å². The van der Waals surface area contributed by atoms with Crippen LogP contribution in [-0.2, 0) is 59.0 Å². The highest BCUT2D eigenvalue weighted by atomic mass is 35.5. The minimum absolute atomic E-state index is 0.0786. The van der Waals surface area contributed by atoms with Gasteiger partial charge in [-0.05, 0) is 191 Å². The van der Waals surface area contributed by atoms with Crippen molar-refractivity contribution in [2.24, 2.45) is 5.92 Å². The zero-order valence-corrected chi connectivity index (χ0v) is 81.7. The number of nitrogens with zero attached hydrogens (tertiary/aromatic N) is 4. The normalized spacial score (nSPS) is 26.6. The first-order valence-electron chi connectivity index (χ1n) is 48.2. The number of halogens is 2. The lowest BCUT2D eigenvalue weighted by atomic mass is 9.89. The molecule has 17 bridgehead atoms. The molecule has 11 aliphatic rings. The largest absolute Gasteiger partial charge is 0.508 e. The molecule has 7 aromatic carbocycles. The number of rotatable bonds is 26. The van der Waals surface area contributed by atoms with E-state index in [0.29, 0.717) is 76.6 Å². The second-order valence-electron chi connectivity index (χ2n) is 37.9. The van der Waals surface area contributed by atoms with Gasteiger partial charge < -0.3 is 142 Å². The predicted molar refractivity (Wildman–Crippen MR) is 516 cm³/mol. The Kier molecular flexibility index (Phi) is 33.1. The van der Waals surface area contributed by atoms with Gasteiger partial charge in [-0.2, -0.15) is 0 Å². The first kappa shape index (κ1) is 104. The van der Waals surface area contributed by atoms with Gasteiger partial charge in [0, 0.05) is 87.5 Å². The van der Waals surface area contributed by atoms with Crippen LogP contribution < -0.4 is 76.1 Å². The number of hydrogen-bond donors (Lipinski definition) is 20. The molecule has 5 saturated heterocycles. The van der Waals surface area contributed by atoms with Crippen LogP contribution in [0.1, 0.15) is 179 Å². The van der Waals surface area contributed by atoms with E-state index in [-0.39, 0.29) is 69.7 Å². The van der Waals surface area contributed by atoms with Crippen LogP contribution in [-0.4, -0.2) is 282 Å². The molecule has 143 heavy (non-hydrogen) atoms. The van der Waals surface area contributed by atoms with Gasteiger partial charge in [0.2, 0.25) is 71.3 Å². The molecule has 0 aromatic heterocycles. The van der Waals surface area contributed by atoms with Crippen molar-refractivity contribution in [3.8, 4) is 80.1 Å². The maximum Gasteiger partial charge on any atom is 0.417 e. The van der Waals surface area contributed by atoms with Crippen LogP contribution in [0, 0.1) is 5.92 Å². The van der Waals surface area contributed by atoms with Crippen molar-refractivity contribution in [3.63, 3.8) is 0 Å². The number of aliphatic carboxylic acids is 1. The third kappa shape index (κ3) is 22.9. The van der Waals surface area contributed by atoms with Crippen molar-refractivity contribution in [1.29, 1.82) is 0 Å². The number of phenolic OH excluding ortho intramolecular Hbond substituents is 3. The highest BCUT2D eigenvalue weighted by Crippen LogP contribution is 2.71. The van der Waals surface area contributed by atoms with Crippen molar-refractivity contribution in [1.82, 2.24) is 66.8 Å². The number of carbonyl (C=O) groups excluding carboxylic acids is 8. The smallest absolute Gasteiger partial charge is 0.417 e. The second kappa shape index (κ2) is 45.4. The molecular formula is C99H121Cl2N13O28P+. The maximum absolute atomic E-state index is 17.4. The predicted octanol–water partition coefficient (Wildman–Crippen LogP) is 6.42. The Labute approximate surface area is 834 Å². The molecule has 8 amide bonds. The molecule has 0 unspecified atom stereocenters. The summed E-state index contributed by atoms with van der Waals surface area (Å²) in [7, 11) is 1.82. The zero-order valence-electron chi connectivity index (χ0n) is 79.3. The summed E-state index contributed by atoms with van der Waals surface area (Å²) in [5.74, 6) is -15.9. The Morgan fingerprint density at radius 1 is 0.552 bits per heavy atom. The quantitative estimate of drug-likeness (QED) is 0.0205. The van der Waals surface area contributed by atoms with Crippen LogP contribution >= 0.6 is 31.1 Å². The summed E-state index contributed by atoms with van der Waals surface area (Å²) in [4.78, 5) is 144. The summed E-state index contributed by atoms with van der Waals surface area (Å²) in [5.41, 5.74) is -2.25. The Hall–Kier alpha value is -11.6. The maximum atomic E-state index is 17.4. The van der Waals surface area contributed by atoms with Crippen molar-refractivity contribution in [2.45, 2.75) is 220 Å². The lowest BCUT2D eigenvalue weighted by Crippen LogP contribution is -2.66. The number of unbranched alkanes of at least 4 members (excludes halogenated alkanes) is 4. The number of nitrogens with one attached hydrogen (secondary N) is 9. The fourth-order valence-corrected chi connectivity index (χ4v) is 24.3. The van der Waals surface area contributed by atoms with Crippen molar-refractivity contribution < 1.29 is 137 Å². The molecule has 18 atom stereocenters. The number of aliphatic hydroxyl groups is 7. The van der Waals surface area contributed by atoms with Crippen molar-refractivity contribution in [2.75, 3.05) is 80.1 Å². The number of phenols is 3. The van der Waals surface area contributed by atoms with Gasteiger partial charge in [-0.1, -0.05) is 99.5 Å². The molecule has 0 saturated carbocycles. The van der Waals surface area contributed by atoms with Gasteiger partial charge in [0.05, 0.1) is 16.7 Å². The first-order chi connectivity index (χ1) is 68.6. The van der Waals surface area contributed by atoms with Crippen LogP contribution in [0.4, 0.5) is 0 Å². The summed E-state index contributed by atoms with van der Waals surface area (Å²) < 4.78 is 60.6. The van der Waals surface area contributed by atoms with E-state index >= 15 is 33.6 Å². The van der Waals surface area contributed by atoms with Crippen LogP contribution in [0.5, 0.6) is 69.0 Å². The number of aliphatic hydroxyl groups excluding tert-OH is 7. The Morgan fingerprint density at radius 3 is 1.83 bits per heavy atom. The van der Waals surface area contributed by atoms with Gasteiger partial charge in [0.1, 0.15) is 126 Å². The minimum atomic E-state index is -3.22. The van der Waals surface area contributed by atoms with E-state index < -0.39 is 251 Å². The standard InChI is InChI=1S/C99H120Cl2N13O28P/c1-49(2)18-9-7-6-8-10-19-72(119)105-81-84(122)86(124)89(97(133)134)141-98(81)140-88-69-42-54-43-70(88)137-65-29-24-53(40-61(65)100)82(120)80-96(132)109-78(91(127)103-30-17-31-111(4)5)59-44-55(116)45-67(138-99-87(125)85(123)83(121)71(48-115)139-99)73(59)58-39-51(22-27-63(58)117)76(93(129)110-80)106-94(130)77(54)107-95(131)79-60-46-57(47-68(74(60)101)142-143(112-32-11-12-33-112,113-34-13-14-35-113)114-36-15-16-37-114)136-66-41-52(23-28-64(66)118)75(102-3)92(128)104-62(90(126)108-79)38-50-20-25-56(135-69)26-21-50/h20-29,39-47,49,62,71,75-87,89,98-99,102,115,120-125H,6-19,30-38,48H2,1-5H3,(H11-,103,104,105,106,107,108,109,110,116,117,118,119,126,127,128,129,130,131,132,133,134)/p+1/t62-,71-,75-,76-,77-,78-,79+,80+,81-,82-,83-,84-,85+,86+,87+,89+,98-,99+/m1/s1. The number of hydrogen-bond acceptors (Lipinski definition) is 32. The molecule has 18 rings (SSSR count). The van der Waals surface area contributed by atoms with E-state index in [2.05, 4.69) is 75.7 Å². The number of amides is 8. The van der Waals surface area contributed by atoms with Gasteiger partial charge in [-0.3, -0.25) is 42.9 Å². The number of fused-ring (bicyclic) bond motifs is 14. The van der Waals surface area contributed by atoms with Crippen LogP contribution in [0.15, 0.2) is 115 Å². The molecule has 44 heteroatoms. The molecule has 20 N–H and O–H groups in total. The van der Waals surface area contributed by atoms with Crippen LogP contribution in [0.3, 0.4) is 0 Å². The first-order valence-corrected chi connectivity index (χ1v) is 50.5. The summed E-state index contributed by atoms with van der Waals surface area (Å²) in [6.45, 7) is 7.27. The van der Waals surface area contributed by atoms with Gasteiger partial charge >= 0.3 is 13.9 Å². The highest BCUT2D eigenvalue weighted by molar-refractivity contribution is 7.64. The lowest BCUT2D eigenvalue weighted by Gasteiger charge is -2.41. The van der Waals surface area contributed by atoms with Crippen LogP contribution in [0.25, 0.3) is 11.1 Å². The molecule has 11 aliphatic heterocycles. The number of ether oxygens (including phenoxy) is 7. The Morgan fingerprint density at radius 2 is 1.17 bits per heavy atom.